The smallest absolute Gasteiger partial charge is 0.276 e. The van der Waals surface area contributed by atoms with Crippen LogP contribution in [0.1, 0.15) is 22.8 Å². The molecule has 0 aliphatic heterocycles. The van der Waals surface area contributed by atoms with Gasteiger partial charge in [0, 0.05) is 26.7 Å². The SMILES string of the molecule is CC(Sc1ccc(NC(=O)/C(=C/c2ccccc2[N+](=O)[O-])NC(=O)c2ccccc2)cc1)C(=O)Nc1ccc(Br)cc1F. The Morgan fingerprint density at radius 2 is 1.60 bits per heavy atom. The van der Waals surface area contributed by atoms with Gasteiger partial charge in [-0.1, -0.05) is 46.3 Å². The van der Waals surface area contributed by atoms with Gasteiger partial charge < -0.3 is 16.0 Å². The van der Waals surface area contributed by atoms with Crippen molar-refractivity contribution in [2.75, 3.05) is 10.6 Å². The fourth-order valence-electron chi connectivity index (χ4n) is 3.77. The Morgan fingerprint density at radius 1 is 0.930 bits per heavy atom. The van der Waals surface area contributed by atoms with Gasteiger partial charge in [-0.15, -0.1) is 11.8 Å². The lowest BCUT2D eigenvalue weighted by Crippen LogP contribution is -2.30. The van der Waals surface area contributed by atoms with Crippen LogP contribution in [0.5, 0.6) is 0 Å². The van der Waals surface area contributed by atoms with Gasteiger partial charge in [0.1, 0.15) is 11.5 Å². The predicted octanol–water partition coefficient (Wildman–Crippen LogP) is 7.03. The van der Waals surface area contributed by atoms with Gasteiger partial charge in [-0.3, -0.25) is 24.5 Å². The molecule has 4 aromatic rings. The second kappa shape index (κ2) is 14.4. The largest absolute Gasteiger partial charge is 0.323 e. The van der Waals surface area contributed by atoms with Crippen molar-refractivity contribution in [3.05, 3.63) is 134 Å². The fourth-order valence-corrected chi connectivity index (χ4v) is 4.97. The van der Waals surface area contributed by atoms with E-state index in [2.05, 4.69) is 31.9 Å². The quantitative estimate of drug-likeness (QED) is 0.0724. The summed E-state index contributed by atoms with van der Waals surface area (Å²) in [4.78, 5) is 50.4. The predicted molar refractivity (Wildman–Crippen MR) is 168 cm³/mol. The highest BCUT2D eigenvalue weighted by atomic mass is 79.9. The van der Waals surface area contributed by atoms with Crippen molar-refractivity contribution >= 4 is 68.6 Å². The average molecular weight is 664 g/mol. The molecule has 12 heteroatoms. The molecular formula is C31H24BrFN4O5S. The van der Waals surface area contributed by atoms with E-state index < -0.39 is 27.8 Å². The second-order valence-corrected chi connectivity index (χ2v) is 11.4. The van der Waals surface area contributed by atoms with E-state index in [0.29, 0.717) is 20.6 Å². The molecule has 218 valence electrons. The van der Waals surface area contributed by atoms with Crippen LogP contribution in [0.4, 0.5) is 21.5 Å². The van der Waals surface area contributed by atoms with Crippen LogP contribution in [0.15, 0.2) is 112 Å². The first-order valence-corrected chi connectivity index (χ1v) is 14.4. The number of para-hydroxylation sites is 1. The van der Waals surface area contributed by atoms with Crippen molar-refractivity contribution in [3.63, 3.8) is 0 Å². The van der Waals surface area contributed by atoms with Crippen LogP contribution in [-0.4, -0.2) is 27.9 Å². The van der Waals surface area contributed by atoms with Crippen molar-refractivity contribution in [1.82, 2.24) is 5.32 Å². The molecule has 0 bridgehead atoms. The monoisotopic (exact) mass is 662 g/mol. The maximum Gasteiger partial charge on any atom is 0.276 e. The van der Waals surface area contributed by atoms with E-state index in [4.69, 9.17) is 0 Å². The number of anilines is 2. The van der Waals surface area contributed by atoms with E-state index in [1.165, 1.54) is 48.2 Å². The van der Waals surface area contributed by atoms with Gasteiger partial charge >= 0.3 is 0 Å². The van der Waals surface area contributed by atoms with Gasteiger partial charge in [-0.25, -0.2) is 4.39 Å². The molecule has 0 spiro atoms. The van der Waals surface area contributed by atoms with Crippen molar-refractivity contribution in [2.45, 2.75) is 17.1 Å². The topological polar surface area (TPSA) is 130 Å². The molecule has 0 saturated carbocycles. The summed E-state index contributed by atoms with van der Waals surface area (Å²) >= 11 is 4.42. The molecule has 4 aromatic carbocycles. The zero-order valence-corrected chi connectivity index (χ0v) is 24.9. The number of nitro groups is 1. The Morgan fingerprint density at radius 3 is 2.28 bits per heavy atom. The summed E-state index contributed by atoms with van der Waals surface area (Å²) in [6.45, 7) is 1.68. The van der Waals surface area contributed by atoms with Crippen LogP contribution in [0.3, 0.4) is 0 Å². The molecule has 0 heterocycles. The number of halogens is 2. The molecule has 0 aliphatic carbocycles. The van der Waals surface area contributed by atoms with Gasteiger partial charge in [0.05, 0.1) is 21.4 Å². The lowest BCUT2D eigenvalue weighted by atomic mass is 10.1. The number of carbonyl (C=O) groups excluding carboxylic acids is 3. The molecule has 0 saturated heterocycles. The summed E-state index contributed by atoms with van der Waals surface area (Å²) in [5, 5.41) is 18.8. The van der Waals surface area contributed by atoms with E-state index in [1.54, 1.807) is 73.7 Å². The first kappa shape index (κ1) is 31.1. The summed E-state index contributed by atoms with van der Waals surface area (Å²) < 4.78 is 14.7. The molecule has 3 N–H and O–H groups in total. The van der Waals surface area contributed by atoms with Gasteiger partial charge in [0.15, 0.2) is 0 Å². The van der Waals surface area contributed by atoms with Crippen molar-refractivity contribution < 1.29 is 23.7 Å². The summed E-state index contributed by atoms with van der Waals surface area (Å²) in [7, 11) is 0. The van der Waals surface area contributed by atoms with Crippen molar-refractivity contribution in [2.24, 2.45) is 0 Å². The third-order valence-electron chi connectivity index (χ3n) is 5.95. The van der Waals surface area contributed by atoms with E-state index >= 15 is 0 Å². The normalized spacial score (nSPS) is 11.7. The first-order valence-electron chi connectivity index (χ1n) is 12.8. The summed E-state index contributed by atoms with van der Waals surface area (Å²) in [6.07, 6.45) is 1.24. The Bertz CT molecular complexity index is 1700. The number of carbonyl (C=O) groups is 3. The Balaban J connectivity index is 1.47. The maximum absolute atomic E-state index is 14.1. The molecule has 43 heavy (non-hydrogen) atoms. The van der Waals surface area contributed by atoms with E-state index in [9.17, 15) is 28.9 Å². The van der Waals surface area contributed by atoms with Crippen LogP contribution >= 0.6 is 27.7 Å². The number of hydrogen-bond donors (Lipinski definition) is 3. The molecule has 9 nitrogen and oxygen atoms in total. The third kappa shape index (κ3) is 8.60. The number of nitro benzene ring substituents is 1. The highest BCUT2D eigenvalue weighted by Crippen LogP contribution is 2.27. The minimum atomic E-state index is -0.702. The second-order valence-electron chi connectivity index (χ2n) is 9.05. The maximum atomic E-state index is 14.1. The average Bonchev–Trinajstić information content (AvgIpc) is 2.99. The minimum absolute atomic E-state index is 0.0720. The number of nitrogens with one attached hydrogen (secondary N) is 3. The number of rotatable bonds is 10. The molecule has 3 amide bonds. The lowest BCUT2D eigenvalue weighted by molar-refractivity contribution is -0.385. The molecule has 1 atom stereocenters. The van der Waals surface area contributed by atoms with Crippen LogP contribution in [0.2, 0.25) is 0 Å². The first-order chi connectivity index (χ1) is 20.6. The fraction of sp³-hybridized carbons (Fsp3) is 0.0645. The molecule has 4 rings (SSSR count). The van der Waals surface area contributed by atoms with E-state index in [-0.39, 0.29) is 28.5 Å². The highest BCUT2D eigenvalue weighted by molar-refractivity contribution is 9.10. The zero-order chi connectivity index (χ0) is 30.9. The highest BCUT2D eigenvalue weighted by Gasteiger charge is 2.19. The van der Waals surface area contributed by atoms with E-state index in [1.807, 2.05) is 0 Å². The molecule has 0 fully saturated rings. The van der Waals surface area contributed by atoms with Crippen LogP contribution in [-0.2, 0) is 9.59 Å². The Kier molecular flexibility index (Phi) is 10.4. The Labute approximate surface area is 258 Å². The Hall–Kier alpha value is -4.81. The number of benzene rings is 4. The van der Waals surface area contributed by atoms with Crippen LogP contribution in [0, 0.1) is 15.9 Å². The summed E-state index contributed by atoms with van der Waals surface area (Å²) in [5.74, 6) is -2.22. The number of thioether (sulfide) groups is 1. The van der Waals surface area contributed by atoms with Gasteiger partial charge in [0.25, 0.3) is 17.5 Å². The minimum Gasteiger partial charge on any atom is -0.323 e. The number of hydrogen-bond acceptors (Lipinski definition) is 6. The molecule has 0 aromatic heterocycles. The van der Waals surface area contributed by atoms with Crippen molar-refractivity contribution in [3.8, 4) is 0 Å². The standard InChI is InChI=1S/C31H24BrFN4O5S/c1-19(29(38)35-26-16-11-22(32)18-25(26)33)43-24-14-12-23(13-15-24)34-31(40)27(36-30(39)20-7-3-2-4-8-20)17-21-9-5-6-10-28(21)37(41)42/h2-19H,1H3,(H,34,40)(H,35,38)(H,36,39)/b27-17-. The molecular weight excluding hydrogens is 639 g/mol. The van der Waals surface area contributed by atoms with E-state index in [0.717, 1.165) is 0 Å². The van der Waals surface area contributed by atoms with Crippen LogP contribution in [0.25, 0.3) is 6.08 Å². The molecule has 0 radical (unpaired) electrons. The van der Waals surface area contributed by atoms with Gasteiger partial charge in [-0.2, -0.15) is 0 Å². The zero-order valence-electron chi connectivity index (χ0n) is 22.5. The number of nitrogens with zero attached hydrogens (tertiary/aromatic N) is 1. The molecule has 1 unspecified atom stereocenters. The summed E-state index contributed by atoms with van der Waals surface area (Å²) in [5.41, 5.74) is 0.448. The lowest BCUT2D eigenvalue weighted by Gasteiger charge is -2.14. The number of amides is 3. The third-order valence-corrected chi connectivity index (χ3v) is 7.55. The van der Waals surface area contributed by atoms with Crippen LogP contribution < -0.4 is 16.0 Å². The van der Waals surface area contributed by atoms with Gasteiger partial charge in [-0.05, 0) is 73.7 Å². The molecule has 0 aliphatic rings. The summed E-state index contributed by atoms with van der Waals surface area (Å²) in [6, 6.07) is 25.0. The van der Waals surface area contributed by atoms with Gasteiger partial charge in [0.2, 0.25) is 5.91 Å². The van der Waals surface area contributed by atoms with Crippen molar-refractivity contribution in [1.29, 1.82) is 0 Å².